The van der Waals surface area contributed by atoms with Crippen LogP contribution in [-0.2, 0) is 9.53 Å². The van der Waals surface area contributed by atoms with Crippen LogP contribution < -0.4 is 0 Å². The minimum Gasteiger partial charge on any atom is -0.381 e. The molecule has 0 saturated heterocycles. The van der Waals surface area contributed by atoms with E-state index in [0.29, 0.717) is 12.2 Å². The molecule has 0 aliphatic heterocycles. The van der Waals surface area contributed by atoms with Crippen molar-refractivity contribution in [1.29, 1.82) is 0 Å². The number of Topliss-reactive ketones (excluding diaryl/α,β-unsaturated/α-hetero) is 1. The maximum atomic E-state index is 11.8. The van der Waals surface area contributed by atoms with Crippen molar-refractivity contribution in [3.05, 3.63) is 35.9 Å². The third-order valence-corrected chi connectivity index (χ3v) is 3.14. The van der Waals surface area contributed by atoms with Crippen LogP contribution in [0.2, 0.25) is 0 Å². The van der Waals surface area contributed by atoms with Crippen LogP contribution in [0.15, 0.2) is 30.3 Å². The van der Waals surface area contributed by atoms with Crippen molar-refractivity contribution in [3.8, 4) is 0 Å². The third-order valence-electron chi connectivity index (χ3n) is 3.14. The van der Waals surface area contributed by atoms with Crippen molar-refractivity contribution < 1.29 is 9.53 Å². The maximum absolute atomic E-state index is 11.8. The summed E-state index contributed by atoms with van der Waals surface area (Å²) in [6.07, 6.45) is 2.60. The number of hydrogen-bond donors (Lipinski definition) is 0. The Bertz CT molecular complexity index is 332. The molecule has 1 aliphatic rings. The van der Waals surface area contributed by atoms with E-state index in [1.807, 2.05) is 30.3 Å². The summed E-state index contributed by atoms with van der Waals surface area (Å²) in [6, 6.07) is 10.0. The first-order valence-corrected chi connectivity index (χ1v) is 5.41. The monoisotopic (exact) mass is 204 g/mol. The Balaban J connectivity index is 2.16. The van der Waals surface area contributed by atoms with Gasteiger partial charge in [-0.2, -0.15) is 0 Å². The maximum Gasteiger partial charge on any atom is 0.140 e. The molecule has 0 amide bonds. The summed E-state index contributed by atoms with van der Waals surface area (Å²) in [4.78, 5) is 11.8. The van der Waals surface area contributed by atoms with E-state index in [9.17, 15) is 4.79 Å². The SMILES string of the molecule is COC1CCC(=O)C(c2ccccc2)C1. The highest BCUT2D eigenvalue weighted by molar-refractivity contribution is 5.86. The summed E-state index contributed by atoms with van der Waals surface area (Å²) in [5, 5.41) is 0. The molecular weight excluding hydrogens is 188 g/mol. The molecule has 2 nitrogen and oxygen atoms in total. The molecule has 15 heavy (non-hydrogen) atoms. The normalized spacial score (nSPS) is 26.6. The van der Waals surface area contributed by atoms with Gasteiger partial charge < -0.3 is 4.74 Å². The molecule has 1 aliphatic carbocycles. The van der Waals surface area contributed by atoms with Crippen LogP contribution in [0.1, 0.15) is 30.7 Å². The number of methoxy groups -OCH3 is 1. The minimum absolute atomic E-state index is 0.0462. The quantitative estimate of drug-likeness (QED) is 0.740. The standard InChI is InChI=1S/C13H16O2/c1-15-11-7-8-13(14)12(9-11)10-5-3-2-4-6-10/h2-6,11-12H,7-9H2,1H3. The second kappa shape index (κ2) is 4.58. The Labute approximate surface area is 90.3 Å². The molecule has 2 atom stereocenters. The Morgan fingerprint density at radius 2 is 2.00 bits per heavy atom. The van der Waals surface area contributed by atoms with E-state index >= 15 is 0 Å². The zero-order valence-electron chi connectivity index (χ0n) is 8.98. The lowest BCUT2D eigenvalue weighted by Crippen LogP contribution is -2.27. The lowest BCUT2D eigenvalue weighted by atomic mass is 9.81. The first-order chi connectivity index (χ1) is 7.31. The van der Waals surface area contributed by atoms with Gasteiger partial charge in [-0.3, -0.25) is 4.79 Å². The molecular formula is C13H16O2. The van der Waals surface area contributed by atoms with Gasteiger partial charge in [-0.1, -0.05) is 30.3 Å². The molecule has 2 rings (SSSR count). The molecule has 80 valence electrons. The van der Waals surface area contributed by atoms with Crippen molar-refractivity contribution in [1.82, 2.24) is 0 Å². The molecule has 1 aromatic rings. The van der Waals surface area contributed by atoms with E-state index in [0.717, 1.165) is 18.4 Å². The van der Waals surface area contributed by atoms with Crippen molar-refractivity contribution in [3.63, 3.8) is 0 Å². The molecule has 2 heteroatoms. The highest BCUT2D eigenvalue weighted by atomic mass is 16.5. The first-order valence-electron chi connectivity index (χ1n) is 5.41. The van der Waals surface area contributed by atoms with Crippen LogP contribution in [0.4, 0.5) is 0 Å². The van der Waals surface area contributed by atoms with Gasteiger partial charge in [0.2, 0.25) is 0 Å². The fraction of sp³-hybridized carbons (Fsp3) is 0.462. The topological polar surface area (TPSA) is 26.3 Å². The molecule has 1 aromatic carbocycles. The Morgan fingerprint density at radius 1 is 1.27 bits per heavy atom. The average molecular weight is 204 g/mol. The van der Waals surface area contributed by atoms with Gasteiger partial charge in [0.05, 0.1) is 6.10 Å². The Hall–Kier alpha value is -1.15. The van der Waals surface area contributed by atoms with Gasteiger partial charge >= 0.3 is 0 Å². The van der Waals surface area contributed by atoms with E-state index in [2.05, 4.69) is 0 Å². The van der Waals surface area contributed by atoms with Crippen molar-refractivity contribution in [2.24, 2.45) is 0 Å². The van der Waals surface area contributed by atoms with Crippen LogP contribution >= 0.6 is 0 Å². The molecule has 2 unspecified atom stereocenters. The highest BCUT2D eigenvalue weighted by Gasteiger charge is 2.29. The van der Waals surface area contributed by atoms with E-state index in [1.165, 1.54) is 0 Å². The zero-order chi connectivity index (χ0) is 10.7. The van der Waals surface area contributed by atoms with Crippen LogP contribution in [0.5, 0.6) is 0 Å². The Morgan fingerprint density at radius 3 is 2.67 bits per heavy atom. The van der Waals surface area contributed by atoms with Gasteiger partial charge in [0.1, 0.15) is 5.78 Å². The fourth-order valence-electron chi connectivity index (χ4n) is 2.21. The van der Waals surface area contributed by atoms with Crippen molar-refractivity contribution in [2.75, 3.05) is 7.11 Å². The second-order valence-corrected chi connectivity index (χ2v) is 4.06. The van der Waals surface area contributed by atoms with Crippen molar-refractivity contribution in [2.45, 2.75) is 31.3 Å². The third kappa shape index (κ3) is 2.26. The molecule has 1 saturated carbocycles. The molecule has 1 fully saturated rings. The molecule has 0 bridgehead atoms. The molecule has 0 spiro atoms. The van der Waals surface area contributed by atoms with Gasteiger partial charge in [0, 0.05) is 19.4 Å². The van der Waals surface area contributed by atoms with E-state index in [1.54, 1.807) is 7.11 Å². The number of rotatable bonds is 2. The van der Waals surface area contributed by atoms with Crippen molar-refractivity contribution >= 4 is 5.78 Å². The molecule has 0 heterocycles. The number of ether oxygens (including phenoxy) is 1. The number of benzene rings is 1. The predicted octanol–water partition coefficient (Wildman–Crippen LogP) is 2.54. The highest BCUT2D eigenvalue weighted by Crippen LogP contribution is 2.31. The number of carbonyl (C=O) groups excluding carboxylic acids is 1. The first kappa shape index (κ1) is 10.4. The van der Waals surface area contributed by atoms with E-state index in [4.69, 9.17) is 4.74 Å². The summed E-state index contributed by atoms with van der Waals surface area (Å²) in [5.41, 5.74) is 1.13. The lowest BCUT2D eigenvalue weighted by molar-refractivity contribution is -0.124. The Kier molecular flexibility index (Phi) is 3.17. The van der Waals surface area contributed by atoms with Gasteiger partial charge in [-0.15, -0.1) is 0 Å². The van der Waals surface area contributed by atoms with Crippen LogP contribution in [0, 0.1) is 0 Å². The van der Waals surface area contributed by atoms with Crippen LogP contribution in [-0.4, -0.2) is 19.0 Å². The smallest absolute Gasteiger partial charge is 0.140 e. The number of hydrogen-bond acceptors (Lipinski definition) is 2. The summed E-state index contributed by atoms with van der Waals surface area (Å²) in [6.45, 7) is 0. The molecule has 0 aromatic heterocycles. The van der Waals surface area contributed by atoms with Gasteiger partial charge in [0.15, 0.2) is 0 Å². The predicted molar refractivity (Wildman–Crippen MR) is 58.8 cm³/mol. The second-order valence-electron chi connectivity index (χ2n) is 4.06. The summed E-state index contributed by atoms with van der Waals surface area (Å²) >= 11 is 0. The average Bonchev–Trinajstić information content (AvgIpc) is 2.31. The van der Waals surface area contributed by atoms with E-state index < -0.39 is 0 Å². The fourth-order valence-corrected chi connectivity index (χ4v) is 2.21. The number of ketones is 1. The zero-order valence-corrected chi connectivity index (χ0v) is 8.98. The van der Waals surface area contributed by atoms with Crippen LogP contribution in [0.25, 0.3) is 0 Å². The summed E-state index contributed by atoms with van der Waals surface area (Å²) in [7, 11) is 1.72. The largest absolute Gasteiger partial charge is 0.381 e. The van der Waals surface area contributed by atoms with Crippen LogP contribution in [0.3, 0.4) is 0 Å². The summed E-state index contributed by atoms with van der Waals surface area (Å²) in [5.74, 6) is 0.402. The lowest BCUT2D eigenvalue weighted by Gasteiger charge is -2.27. The molecule has 0 N–H and O–H groups in total. The van der Waals surface area contributed by atoms with Gasteiger partial charge in [0.25, 0.3) is 0 Å². The van der Waals surface area contributed by atoms with Gasteiger partial charge in [-0.05, 0) is 18.4 Å². The minimum atomic E-state index is 0.0462. The van der Waals surface area contributed by atoms with Gasteiger partial charge in [-0.25, -0.2) is 0 Å². The van der Waals surface area contributed by atoms with E-state index in [-0.39, 0.29) is 12.0 Å². The number of carbonyl (C=O) groups is 1. The molecule has 0 radical (unpaired) electrons. The summed E-state index contributed by atoms with van der Waals surface area (Å²) < 4.78 is 5.34.